The number of hydrogen-bond donors (Lipinski definition) is 0. The summed E-state index contributed by atoms with van der Waals surface area (Å²) in [5, 5.41) is 10.5. The molecule has 0 fully saturated rings. The van der Waals surface area contributed by atoms with Gasteiger partial charge in [-0.25, -0.2) is 4.98 Å². The lowest BCUT2D eigenvalue weighted by molar-refractivity contribution is 1.32. The molecule has 4 heteroatoms. The predicted octanol–water partition coefficient (Wildman–Crippen LogP) is 3.06. The Bertz CT molecular complexity index is 484. The third kappa shape index (κ3) is 1.58. The zero-order chi connectivity index (χ0) is 9.26. The van der Waals surface area contributed by atoms with Gasteiger partial charge in [0.2, 0.25) is 0 Å². The van der Waals surface area contributed by atoms with E-state index in [0.717, 1.165) is 20.6 Å². The number of nitriles is 1. The number of aromatic nitrogens is 1. The summed E-state index contributed by atoms with van der Waals surface area (Å²) in [4.78, 5) is 4.37. The molecule has 1 aromatic carbocycles. The second-order valence-electron chi connectivity index (χ2n) is 2.54. The van der Waals surface area contributed by atoms with Crippen molar-refractivity contribution in [2.45, 2.75) is 5.33 Å². The smallest absolute Gasteiger partial charge is 0.104 e. The van der Waals surface area contributed by atoms with E-state index in [-0.39, 0.29) is 0 Å². The Balaban J connectivity index is 2.65. The van der Waals surface area contributed by atoms with Crippen LogP contribution in [0.5, 0.6) is 0 Å². The third-order valence-electron chi connectivity index (χ3n) is 1.68. The highest BCUT2D eigenvalue weighted by Gasteiger charge is 2.02. The summed E-state index contributed by atoms with van der Waals surface area (Å²) in [5.74, 6) is 0. The number of thiazole rings is 1. The van der Waals surface area contributed by atoms with E-state index in [9.17, 15) is 0 Å². The molecule has 1 heterocycles. The van der Waals surface area contributed by atoms with Crippen LogP contribution in [0.2, 0.25) is 0 Å². The number of nitrogens with zero attached hydrogens (tertiary/aromatic N) is 2. The highest BCUT2D eigenvalue weighted by atomic mass is 79.9. The first kappa shape index (κ1) is 8.67. The molecule has 0 saturated carbocycles. The van der Waals surface area contributed by atoms with Gasteiger partial charge in [-0.1, -0.05) is 15.9 Å². The van der Waals surface area contributed by atoms with Gasteiger partial charge in [0.25, 0.3) is 0 Å². The Hall–Kier alpha value is -0.920. The highest BCUT2D eigenvalue weighted by Crippen LogP contribution is 2.24. The van der Waals surface area contributed by atoms with Gasteiger partial charge in [-0.2, -0.15) is 5.26 Å². The Morgan fingerprint density at radius 1 is 1.54 bits per heavy atom. The lowest BCUT2D eigenvalue weighted by Gasteiger charge is -1.86. The van der Waals surface area contributed by atoms with Crippen LogP contribution in [0, 0.1) is 11.3 Å². The maximum absolute atomic E-state index is 8.69. The molecule has 0 saturated heterocycles. The number of alkyl halides is 1. The van der Waals surface area contributed by atoms with E-state index in [0.29, 0.717) is 5.56 Å². The van der Waals surface area contributed by atoms with Gasteiger partial charge in [-0.3, -0.25) is 0 Å². The van der Waals surface area contributed by atoms with E-state index in [1.165, 1.54) is 0 Å². The first-order valence-corrected chi connectivity index (χ1v) is 5.63. The molecule has 0 unspecified atom stereocenters. The lowest BCUT2D eigenvalue weighted by atomic mass is 10.2. The molecule has 0 radical (unpaired) electrons. The Morgan fingerprint density at radius 2 is 2.38 bits per heavy atom. The van der Waals surface area contributed by atoms with Crippen LogP contribution in [0.15, 0.2) is 18.2 Å². The molecule has 0 spiro atoms. The quantitative estimate of drug-likeness (QED) is 0.732. The van der Waals surface area contributed by atoms with Crippen LogP contribution in [0.25, 0.3) is 10.2 Å². The number of fused-ring (bicyclic) bond motifs is 1. The highest BCUT2D eigenvalue weighted by molar-refractivity contribution is 9.08. The number of hydrogen-bond acceptors (Lipinski definition) is 3. The molecule has 13 heavy (non-hydrogen) atoms. The topological polar surface area (TPSA) is 36.7 Å². The largest absolute Gasteiger partial charge is 0.240 e. The van der Waals surface area contributed by atoms with E-state index in [4.69, 9.17) is 5.26 Å². The first-order valence-electron chi connectivity index (χ1n) is 3.69. The summed E-state index contributed by atoms with van der Waals surface area (Å²) < 4.78 is 1.08. The molecule has 2 rings (SSSR count). The van der Waals surface area contributed by atoms with E-state index < -0.39 is 0 Å². The molecule has 2 aromatic rings. The number of benzene rings is 1. The minimum absolute atomic E-state index is 0.692. The van der Waals surface area contributed by atoms with Crippen LogP contribution in [0.1, 0.15) is 10.6 Å². The molecule has 64 valence electrons. The molecular formula is C9H5BrN2S. The molecule has 0 bridgehead atoms. The van der Waals surface area contributed by atoms with Crippen LogP contribution in [0.4, 0.5) is 0 Å². The zero-order valence-corrected chi connectivity index (χ0v) is 9.02. The van der Waals surface area contributed by atoms with E-state index in [1.54, 1.807) is 17.4 Å². The fourth-order valence-electron chi connectivity index (χ4n) is 1.10. The van der Waals surface area contributed by atoms with E-state index in [1.807, 2.05) is 12.1 Å². The second-order valence-corrected chi connectivity index (χ2v) is 4.21. The van der Waals surface area contributed by atoms with Crippen molar-refractivity contribution in [1.82, 2.24) is 4.98 Å². The van der Waals surface area contributed by atoms with Crippen molar-refractivity contribution < 1.29 is 0 Å². The van der Waals surface area contributed by atoms with Gasteiger partial charge in [0.1, 0.15) is 5.01 Å². The van der Waals surface area contributed by atoms with Crippen molar-refractivity contribution in [3.05, 3.63) is 28.8 Å². The Labute approximate surface area is 88.0 Å². The van der Waals surface area contributed by atoms with Crippen LogP contribution in [-0.2, 0) is 5.33 Å². The molecule has 0 aliphatic rings. The molecular weight excluding hydrogens is 248 g/mol. The van der Waals surface area contributed by atoms with Crippen LogP contribution >= 0.6 is 27.3 Å². The van der Waals surface area contributed by atoms with Crippen LogP contribution < -0.4 is 0 Å². The van der Waals surface area contributed by atoms with Crippen molar-refractivity contribution in [1.29, 1.82) is 5.26 Å². The molecule has 2 nitrogen and oxygen atoms in total. The molecule has 0 N–H and O–H groups in total. The normalized spacial score (nSPS) is 10.2. The van der Waals surface area contributed by atoms with E-state index in [2.05, 4.69) is 27.0 Å². The minimum atomic E-state index is 0.692. The van der Waals surface area contributed by atoms with Gasteiger partial charge in [0.15, 0.2) is 0 Å². The number of halogens is 1. The molecule has 0 aliphatic heterocycles. The zero-order valence-electron chi connectivity index (χ0n) is 6.62. The fourth-order valence-corrected chi connectivity index (χ4v) is 2.42. The standard InChI is InChI=1S/C9H5BrN2S/c10-4-9-12-7-2-1-6(5-11)3-8(7)13-9/h1-3H,4H2. The second kappa shape index (κ2) is 3.44. The van der Waals surface area contributed by atoms with Gasteiger partial charge in [0, 0.05) is 0 Å². The SMILES string of the molecule is N#Cc1ccc2nc(CBr)sc2c1. The average Bonchev–Trinajstić information content (AvgIpc) is 2.58. The minimum Gasteiger partial charge on any atom is -0.240 e. The maximum Gasteiger partial charge on any atom is 0.104 e. The van der Waals surface area contributed by atoms with Gasteiger partial charge in [0.05, 0.1) is 27.2 Å². The molecule has 0 aliphatic carbocycles. The summed E-state index contributed by atoms with van der Waals surface area (Å²) in [6, 6.07) is 7.66. The van der Waals surface area contributed by atoms with Crippen molar-refractivity contribution in [3.8, 4) is 6.07 Å². The lowest BCUT2D eigenvalue weighted by Crippen LogP contribution is -1.73. The van der Waals surface area contributed by atoms with Gasteiger partial charge in [-0.05, 0) is 18.2 Å². The summed E-state index contributed by atoms with van der Waals surface area (Å²) >= 11 is 4.97. The van der Waals surface area contributed by atoms with Crippen molar-refractivity contribution in [2.75, 3.05) is 0 Å². The first-order chi connectivity index (χ1) is 6.33. The number of rotatable bonds is 1. The maximum atomic E-state index is 8.69. The monoisotopic (exact) mass is 252 g/mol. The van der Waals surface area contributed by atoms with Crippen molar-refractivity contribution in [3.63, 3.8) is 0 Å². The van der Waals surface area contributed by atoms with Crippen molar-refractivity contribution >= 4 is 37.5 Å². The Morgan fingerprint density at radius 3 is 3.08 bits per heavy atom. The summed E-state index contributed by atoms with van der Waals surface area (Å²) in [5.41, 5.74) is 1.66. The summed E-state index contributed by atoms with van der Waals surface area (Å²) in [6.07, 6.45) is 0. The van der Waals surface area contributed by atoms with E-state index >= 15 is 0 Å². The average molecular weight is 253 g/mol. The molecule has 1 aromatic heterocycles. The van der Waals surface area contributed by atoms with Crippen LogP contribution in [-0.4, -0.2) is 4.98 Å². The molecule has 0 amide bonds. The van der Waals surface area contributed by atoms with Crippen molar-refractivity contribution in [2.24, 2.45) is 0 Å². The van der Waals surface area contributed by atoms with Gasteiger partial charge < -0.3 is 0 Å². The summed E-state index contributed by atoms with van der Waals surface area (Å²) in [6.45, 7) is 0. The van der Waals surface area contributed by atoms with Gasteiger partial charge in [-0.15, -0.1) is 11.3 Å². The fraction of sp³-hybridized carbons (Fsp3) is 0.111. The Kier molecular flexibility index (Phi) is 2.30. The third-order valence-corrected chi connectivity index (χ3v) is 3.60. The van der Waals surface area contributed by atoms with Gasteiger partial charge >= 0.3 is 0 Å². The molecule has 0 atom stereocenters. The van der Waals surface area contributed by atoms with Crippen LogP contribution in [0.3, 0.4) is 0 Å². The predicted molar refractivity (Wildman–Crippen MR) is 57.0 cm³/mol. The summed E-state index contributed by atoms with van der Waals surface area (Å²) in [7, 11) is 0.